The smallest absolute Gasteiger partial charge is 0.340 e. The molecule has 8 nitrogen and oxygen atoms in total. The molecule has 0 saturated heterocycles. The molecule has 0 unspecified atom stereocenters. The molecule has 104 valence electrons. The number of esters is 2. The molecule has 0 fully saturated rings. The van der Waals surface area contributed by atoms with Crippen molar-refractivity contribution in [3.8, 4) is 0 Å². The van der Waals surface area contributed by atoms with E-state index in [1.807, 2.05) is 0 Å². The van der Waals surface area contributed by atoms with Crippen molar-refractivity contribution in [3.63, 3.8) is 0 Å². The van der Waals surface area contributed by atoms with E-state index >= 15 is 0 Å². The van der Waals surface area contributed by atoms with Gasteiger partial charge in [0.15, 0.2) is 0 Å². The van der Waals surface area contributed by atoms with Crippen LogP contribution in [0.5, 0.6) is 0 Å². The maximum atomic E-state index is 11.7. The first-order chi connectivity index (χ1) is 9.10. The third-order valence-electron chi connectivity index (χ3n) is 2.06. The maximum Gasteiger partial charge on any atom is 0.340 e. The van der Waals surface area contributed by atoms with Crippen LogP contribution in [0.2, 0.25) is 0 Å². The van der Waals surface area contributed by atoms with Crippen molar-refractivity contribution >= 4 is 17.8 Å². The summed E-state index contributed by atoms with van der Waals surface area (Å²) in [6, 6.07) is -1.49. The first kappa shape index (κ1) is 14.7. The zero-order valence-corrected chi connectivity index (χ0v) is 10.6. The number of nitrogens with one attached hydrogen (secondary N) is 2. The Bertz CT molecular complexity index is 425. The Labute approximate surface area is 109 Å². The summed E-state index contributed by atoms with van der Waals surface area (Å²) in [5.74, 6) is -2.38. The highest BCUT2D eigenvalue weighted by Gasteiger charge is 2.31. The number of aromatic nitrogens is 2. The van der Waals surface area contributed by atoms with Gasteiger partial charge in [0, 0.05) is 0 Å². The predicted molar refractivity (Wildman–Crippen MR) is 63.1 cm³/mol. The van der Waals surface area contributed by atoms with Gasteiger partial charge in [0.2, 0.25) is 6.04 Å². The van der Waals surface area contributed by atoms with Crippen LogP contribution in [0.3, 0.4) is 0 Å². The molecule has 0 bridgehead atoms. The fourth-order valence-electron chi connectivity index (χ4n) is 1.25. The van der Waals surface area contributed by atoms with Gasteiger partial charge >= 0.3 is 11.9 Å². The zero-order chi connectivity index (χ0) is 14.3. The Hall–Kier alpha value is -2.38. The molecule has 0 spiro atoms. The second-order valence-electron chi connectivity index (χ2n) is 3.38. The van der Waals surface area contributed by atoms with Gasteiger partial charge in [0.1, 0.15) is 5.69 Å². The molecule has 1 heterocycles. The number of H-pyrrole nitrogens is 1. The van der Waals surface area contributed by atoms with Crippen LogP contribution >= 0.6 is 0 Å². The second kappa shape index (κ2) is 7.14. The number of amides is 1. The fraction of sp³-hybridized carbons (Fsp3) is 0.455. The predicted octanol–water partition coefficient (Wildman–Crippen LogP) is -0.366. The molecule has 0 aromatic carbocycles. The van der Waals surface area contributed by atoms with Crippen LogP contribution in [-0.2, 0) is 19.1 Å². The average Bonchev–Trinajstić information content (AvgIpc) is 2.90. The SMILES string of the molecule is CCOC(=O)C(NC(=O)c1cnc[nH]1)C(=O)OCC. The van der Waals surface area contributed by atoms with E-state index in [4.69, 9.17) is 9.47 Å². The minimum absolute atomic E-state index is 0.0919. The van der Waals surface area contributed by atoms with Gasteiger partial charge in [-0.3, -0.25) is 4.79 Å². The van der Waals surface area contributed by atoms with Crippen LogP contribution in [0.15, 0.2) is 12.5 Å². The molecular weight excluding hydrogens is 254 g/mol. The Morgan fingerprint density at radius 2 is 1.84 bits per heavy atom. The van der Waals surface area contributed by atoms with E-state index in [9.17, 15) is 14.4 Å². The van der Waals surface area contributed by atoms with Crippen LogP contribution in [0.25, 0.3) is 0 Å². The normalized spacial score (nSPS) is 10.1. The molecule has 0 radical (unpaired) electrons. The van der Waals surface area contributed by atoms with Crippen LogP contribution in [0, 0.1) is 0 Å². The molecule has 0 aliphatic rings. The first-order valence-corrected chi connectivity index (χ1v) is 5.72. The number of hydrogen-bond acceptors (Lipinski definition) is 6. The largest absolute Gasteiger partial charge is 0.464 e. The molecule has 0 saturated carbocycles. The lowest BCUT2D eigenvalue weighted by molar-refractivity contribution is -0.157. The Balaban J connectivity index is 2.76. The molecule has 0 aliphatic heterocycles. The first-order valence-electron chi connectivity index (χ1n) is 5.72. The van der Waals surface area contributed by atoms with E-state index < -0.39 is 23.9 Å². The molecule has 1 amide bonds. The minimum atomic E-state index is -1.49. The van der Waals surface area contributed by atoms with Crippen LogP contribution < -0.4 is 5.32 Å². The monoisotopic (exact) mass is 269 g/mol. The molecule has 8 heteroatoms. The molecule has 1 aromatic heterocycles. The van der Waals surface area contributed by atoms with Crippen LogP contribution in [-0.4, -0.2) is 47.1 Å². The third-order valence-corrected chi connectivity index (χ3v) is 2.06. The highest BCUT2D eigenvalue weighted by atomic mass is 16.6. The van der Waals surface area contributed by atoms with Crippen molar-refractivity contribution in [1.82, 2.24) is 15.3 Å². The Morgan fingerprint density at radius 3 is 2.26 bits per heavy atom. The fourth-order valence-corrected chi connectivity index (χ4v) is 1.25. The number of carbonyl (C=O) groups excluding carboxylic acids is 3. The molecule has 0 aliphatic carbocycles. The van der Waals surface area contributed by atoms with E-state index in [0.717, 1.165) is 0 Å². The van der Waals surface area contributed by atoms with E-state index in [0.29, 0.717) is 0 Å². The molecule has 1 rings (SSSR count). The topological polar surface area (TPSA) is 110 Å². The van der Waals surface area contributed by atoms with Gasteiger partial charge in [-0.1, -0.05) is 0 Å². The van der Waals surface area contributed by atoms with E-state index in [1.165, 1.54) is 12.5 Å². The Morgan fingerprint density at radius 1 is 1.26 bits per heavy atom. The van der Waals surface area contributed by atoms with Crippen molar-refractivity contribution in [2.45, 2.75) is 19.9 Å². The third kappa shape index (κ3) is 4.09. The van der Waals surface area contributed by atoms with Crippen molar-refractivity contribution in [2.75, 3.05) is 13.2 Å². The quantitative estimate of drug-likeness (QED) is 0.538. The number of ether oxygens (including phenoxy) is 2. The van der Waals surface area contributed by atoms with E-state index in [2.05, 4.69) is 15.3 Å². The molecule has 1 aromatic rings. The van der Waals surface area contributed by atoms with Gasteiger partial charge < -0.3 is 19.8 Å². The number of nitrogens with zero attached hydrogens (tertiary/aromatic N) is 1. The molecule has 0 atom stereocenters. The zero-order valence-electron chi connectivity index (χ0n) is 10.6. The van der Waals surface area contributed by atoms with Gasteiger partial charge in [-0.05, 0) is 13.8 Å². The average molecular weight is 269 g/mol. The highest BCUT2D eigenvalue weighted by Crippen LogP contribution is 1.98. The molecule has 19 heavy (non-hydrogen) atoms. The Kier molecular flexibility index (Phi) is 5.52. The number of aromatic amines is 1. The van der Waals surface area contributed by atoms with Crippen molar-refractivity contribution in [2.24, 2.45) is 0 Å². The summed E-state index contributed by atoms with van der Waals surface area (Å²) in [4.78, 5) is 41.2. The summed E-state index contributed by atoms with van der Waals surface area (Å²) in [6.07, 6.45) is 2.57. The van der Waals surface area contributed by atoms with Gasteiger partial charge in [-0.25, -0.2) is 14.6 Å². The highest BCUT2D eigenvalue weighted by molar-refractivity contribution is 6.05. The van der Waals surface area contributed by atoms with Crippen LogP contribution in [0.4, 0.5) is 0 Å². The van der Waals surface area contributed by atoms with Crippen molar-refractivity contribution in [1.29, 1.82) is 0 Å². The lowest BCUT2D eigenvalue weighted by Crippen LogP contribution is -2.48. The number of imidazole rings is 1. The van der Waals surface area contributed by atoms with Crippen LogP contribution in [0.1, 0.15) is 24.3 Å². The standard InChI is InChI=1S/C11H15N3O5/c1-3-18-10(16)8(11(17)19-4-2)14-9(15)7-5-12-6-13-7/h5-6,8H,3-4H2,1-2H3,(H,12,13)(H,14,15). The van der Waals surface area contributed by atoms with Crippen molar-refractivity contribution in [3.05, 3.63) is 18.2 Å². The number of hydrogen-bond donors (Lipinski definition) is 2. The summed E-state index contributed by atoms with van der Waals surface area (Å²) in [5.41, 5.74) is 0.124. The van der Waals surface area contributed by atoms with Gasteiger partial charge in [-0.15, -0.1) is 0 Å². The lowest BCUT2D eigenvalue weighted by Gasteiger charge is -2.15. The molecule has 2 N–H and O–H groups in total. The second-order valence-corrected chi connectivity index (χ2v) is 3.38. The summed E-state index contributed by atoms with van der Waals surface area (Å²) >= 11 is 0. The summed E-state index contributed by atoms with van der Waals surface area (Å²) in [5, 5.41) is 2.23. The van der Waals surface area contributed by atoms with E-state index in [1.54, 1.807) is 13.8 Å². The summed E-state index contributed by atoms with van der Waals surface area (Å²) in [7, 11) is 0. The summed E-state index contributed by atoms with van der Waals surface area (Å²) in [6.45, 7) is 3.37. The van der Waals surface area contributed by atoms with Gasteiger partial charge in [-0.2, -0.15) is 0 Å². The lowest BCUT2D eigenvalue weighted by atomic mass is 10.3. The van der Waals surface area contributed by atoms with Gasteiger partial charge in [0.05, 0.1) is 25.7 Å². The van der Waals surface area contributed by atoms with E-state index in [-0.39, 0.29) is 18.9 Å². The maximum absolute atomic E-state index is 11.7. The molecular formula is C11H15N3O5. The number of rotatable bonds is 6. The minimum Gasteiger partial charge on any atom is -0.464 e. The van der Waals surface area contributed by atoms with Gasteiger partial charge in [0.25, 0.3) is 5.91 Å². The summed E-state index contributed by atoms with van der Waals surface area (Å²) < 4.78 is 9.42. The van der Waals surface area contributed by atoms with Crippen molar-refractivity contribution < 1.29 is 23.9 Å². The number of carbonyl (C=O) groups is 3.